The van der Waals surface area contributed by atoms with E-state index in [4.69, 9.17) is 0 Å². The lowest BCUT2D eigenvalue weighted by Crippen LogP contribution is -2.51. The summed E-state index contributed by atoms with van der Waals surface area (Å²) in [7, 11) is 0. The molecule has 6 nitrogen and oxygen atoms in total. The summed E-state index contributed by atoms with van der Waals surface area (Å²) in [5.74, 6) is 0.593. The number of piperazine rings is 1. The SMILES string of the molecule is CC(C)c1ccc(CCNC(=O)CN2CCN(C(=O)c3cc4ccccc4[nH]3)CC2)cc1. The first-order valence-electron chi connectivity index (χ1n) is 11.4. The fraction of sp³-hybridized carbons (Fsp3) is 0.385. The predicted molar refractivity (Wildman–Crippen MR) is 128 cm³/mol. The zero-order valence-corrected chi connectivity index (χ0v) is 18.9. The number of rotatable bonds is 7. The van der Waals surface area contributed by atoms with E-state index in [0.29, 0.717) is 50.9 Å². The highest BCUT2D eigenvalue weighted by molar-refractivity contribution is 5.98. The maximum atomic E-state index is 12.8. The molecule has 2 aromatic carbocycles. The Kier molecular flexibility index (Phi) is 6.90. The first kappa shape index (κ1) is 22.1. The number of H-pyrrole nitrogens is 1. The van der Waals surface area contributed by atoms with Gasteiger partial charge in [0.2, 0.25) is 5.91 Å². The third kappa shape index (κ3) is 5.37. The van der Waals surface area contributed by atoms with Crippen LogP contribution < -0.4 is 5.32 Å². The van der Waals surface area contributed by atoms with E-state index in [0.717, 1.165) is 17.3 Å². The molecule has 4 rings (SSSR count). The smallest absolute Gasteiger partial charge is 0.270 e. The van der Waals surface area contributed by atoms with Crippen molar-refractivity contribution in [3.8, 4) is 0 Å². The number of nitrogens with one attached hydrogen (secondary N) is 2. The van der Waals surface area contributed by atoms with Crippen molar-refractivity contribution in [1.82, 2.24) is 20.1 Å². The van der Waals surface area contributed by atoms with E-state index in [1.54, 1.807) is 0 Å². The van der Waals surface area contributed by atoms with Crippen molar-refractivity contribution in [1.29, 1.82) is 0 Å². The Morgan fingerprint density at radius 2 is 1.72 bits per heavy atom. The molecule has 32 heavy (non-hydrogen) atoms. The Hall–Kier alpha value is -3.12. The molecule has 2 heterocycles. The minimum Gasteiger partial charge on any atom is -0.355 e. The molecule has 0 spiro atoms. The van der Waals surface area contributed by atoms with Gasteiger partial charge in [0, 0.05) is 43.6 Å². The molecule has 2 N–H and O–H groups in total. The van der Waals surface area contributed by atoms with Crippen LogP contribution in [-0.2, 0) is 11.2 Å². The zero-order chi connectivity index (χ0) is 22.5. The van der Waals surface area contributed by atoms with Crippen LogP contribution in [0.5, 0.6) is 0 Å². The molecule has 0 atom stereocenters. The average Bonchev–Trinajstić information content (AvgIpc) is 3.24. The van der Waals surface area contributed by atoms with Crippen LogP contribution >= 0.6 is 0 Å². The highest BCUT2D eigenvalue weighted by Gasteiger charge is 2.24. The van der Waals surface area contributed by atoms with Crippen LogP contribution in [0, 0.1) is 0 Å². The number of aromatic amines is 1. The van der Waals surface area contributed by atoms with Crippen LogP contribution in [0.25, 0.3) is 10.9 Å². The summed E-state index contributed by atoms with van der Waals surface area (Å²) in [6, 6.07) is 18.4. The number of hydrogen-bond acceptors (Lipinski definition) is 3. The number of carbonyl (C=O) groups excluding carboxylic acids is 2. The molecule has 1 fully saturated rings. The Morgan fingerprint density at radius 1 is 1.00 bits per heavy atom. The molecular formula is C26H32N4O2. The van der Waals surface area contributed by atoms with E-state index < -0.39 is 0 Å². The van der Waals surface area contributed by atoms with Gasteiger partial charge in [-0.1, -0.05) is 56.3 Å². The number of nitrogens with zero attached hydrogens (tertiary/aromatic N) is 2. The van der Waals surface area contributed by atoms with E-state index >= 15 is 0 Å². The molecule has 168 valence electrons. The molecule has 0 radical (unpaired) electrons. The second-order valence-corrected chi connectivity index (χ2v) is 8.83. The van der Waals surface area contributed by atoms with Crippen LogP contribution in [0.4, 0.5) is 0 Å². The van der Waals surface area contributed by atoms with Crippen molar-refractivity contribution in [2.75, 3.05) is 39.3 Å². The zero-order valence-electron chi connectivity index (χ0n) is 18.9. The van der Waals surface area contributed by atoms with Crippen LogP contribution in [0.15, 0.2) is 54.6 Å². The summed E-state index contributed by atoms with van der Waals surface area (Å²) in [6.07, 6.45) is 0.830. The molecule has 1 aromatic heterocycles. The Morgan fingerprint density at radius 3 is 2.41 bits per heavy atom. The van der Waals surface area contributed by atoms with E-state index in [9.17, 15) is 9.59 Å². The van der Waals surface area contributed by atoms with Crippen LogP contribution in [0.1, 0.15) is 41.4 Å². The van der Waals surface area contributed by atoms with Crippen LogP contribution in [-0.4, -0.2) is 65.9 Å². The summed E-state index contributed by atoms with van der Waals surface area (Å²) in [6.45, 7) is 8.05. The summed E-state index contributed by atoms with van der Waals surface area (Å²) in [4.78, 5) is 32.4. The lowest BCUT2D eigenvalue weighted by atomic mass is 10.0. The largest absolute Gasteiger partial charge is 0.355 e. The number of amides is 2. The minimum atomic E-state index is 0.0220. The average molecular weight is 433 g/mol. The summed E-state index contributed by atoms with van der Waals surface area (Å²) in [5.41, 5.74) is 4.17. The van der Waals surface area contributed by atoms with Gasteiger partial charge in [0.15, 0.2) is 0 Å². The van der Waals surface area contributed by atoms with Crippen molar-refractivity contribution >= 4 is 22.7 Å². The van der Waals surface area contributed by atoms with E-state index in [2.05, 4.69) is 53.3 Å². The van der Waals surface area contributed by atoms with Gasteiger partial charge in [-0.25, -0.2) is 0 Å². The number of fused-ring (bicyclic) bond motifs is 1. The summed E-state index contributed by atoms with van der Waals surface area (Å²) >= 11 is 0. The molecule has 2 amide bonds. The molecule has 0 aliphatic carbocycles. The molecule has 0 saturated carbocycles. The van der Waals surface area contributed by atoms with Crippen molar-refractivity contribution in [2.45, 2.75) is 26.2 Å². The number of aromatic nitrogens is 1. The normalized spacial score (nSPS) is 14.8. The monoisotopic (exact) mass is 432 g/mol. The molecule has 1 saturated heterocycles. The molecular weight excluding hydrogens is 400 g/mol. The van der Waals surface area contributed by atoms with Crippen LogP contribution in [0.2, 0.25) is 0 Å². The van der Waals surface area contributed by atoms with Gasteiger partial charge in [-0.15, -0.1) is 0 Å². The molecule has 1 aliphatic rings. The number of para-hydroxylation sites is 1. The van der Waals surface area contributed by atoms with Gasteiger partial charge >= 0.3 is 0 Å². The molecule has 0 unspecified atom stereocenters. The molecule has 0 bridgehead atoms. The number of carbonyl (C=O) groups is 2. The summed E-state index contributed by atoms with van der Waals surface area (Å²) < 4.78 is 0. The van der Waals surface area contributed by atoms with Gasteiger partial charge in [0.25, 0.3) is 5.91 Å². The Bertz CT molecular complexity index is 1030. The van der Waals surface area contributed by atoms with Gasteiger partial charge < -0.3 is 15.2 Å². The summed E-state index contributed by atoms with van der Waals surface area (Å²) in [5, 5.41) is 4.07. The highest BCUT2D eigenvalue weighted by Crippen LogP contribution is 2.17. The molecule has 1 aliphatic heterocycles. The van der Waals surface area contributed by atoms with Crippen LogP contribution in [0.3, 0.4) is 0 Å². The van der Waals surface area contributed by atoms with E-state index in [1.165, 1.54) is 11.1 Å². The van der Waals surface area contributed by atoms with Gasteiger partial charge in [-0.05, 0) is 35.6 Å². The van der Waals surface area contributed by atoms with E-state index in [1.807, 2.05) is 35.2 Å². The number of hydrogen-bond donors (Lipinski definition) is 2. The van der Waals surface area contributed by atoms with Gasteiger partial charge in [-0.2, -0.15) is 0 Å². The molecule has 6 heteroatoms. The Balaban J connectivity index is 1.19. The second-order valence-electron chi connectivity index (χ2n) is 8.83. The fourth-order valence-electron chi connectivity index (χ4n) is 4.14. The van der Waals surface area contributed by atoms with Crippen molar-refractivity contribution in [2.24, 2.45) is 0 Å². The standard InChI is InChI=1S/C26H32N4O2/c1-19(2)21-9-7-20(8-10-21)11-12-27-25(31)18-29-13-15-30(16-14-29)26(32)24-17-22-5-3-4-6-23(22)28-24/h3-10,17,19,28H,11-16,18H2,1-2H3,(H,27,31). The topological polar surface area (TPSA) is 68.4 Å². The first-order valence-corrected chi connectivity index (χ1v) is 11.4. The lowest BCUT2D eigenvalue weighted by Gasteiger charge is -2.34. The van der Waals surface area contributed by atoms with Crippen molar-refractivity contribution < 1.29 is 9.59 Å². The third-order valence-electron chi connectivity index (χ3n) is 6.17. The molecule has 3 aromatic rings. The Labute approximate surface area is 189 Å². The van der Waals surface area contributed by atoms with Gasteiger partial charge in [0.05, 0.1) is 6.54 Å². The second kappa shape index (κ2) is 10.0. The highest BCUT2D eigenvalue weighted by atomic mass is 16.2. The van der Waals surface area contributed by atoms with E-state index in [-0.39, 0.29) is 11.8 Å². The predicted octanol–water partition coefficient (Wildman–Crippen LogP) is 3.41. The van der Waals surface area contributed by atoms with Crippen molar-refractivity contribution in [3.63, 3.8) is 0 Å². The fourth-order valence-corrected chi connectivity index (χ4v) is 4.14. The van der Waals surface area contributed by atoms with Crippen molar-refractivity contribution in [3.05, 3.63) is 71.4 Å². The van der Waals surface area contributed by atoms with Gasteiger partial charge in [-0.3, -0.25) is 14.5 Å². The minimum absolute atomic E-state index is 0.0220. The first-order chi connectivity index (χ1) is 15.5. The maximum absolute atomic E-state index is 12.8. The lowest BCUT2D eigenvalue weighted by molar-refractivity contribution is -0.122. The maximum Gasteiger partial charge on any atom is 0.270 e. The number of benzene rings is 2. The quantitative estimate of drug-likeness (QED) is 0.601. The van der Waals surface area contributed by atoms with Gasteiger partial charge in [0.1, 0.15) is 5.69 Å². The third-order valence-corrected chi connectivity index (χ3v) is 6.17.